The third-order valence-electron chi connectivity index (χ3n) is 7.43. The van der Waals surface area contributed by atoms with Gasteiger partial charge in [-0.1, -0.05) is 18.2 Å². The highest BCUT2D eigenvalue weighted by molar-refractivity contribution is 5.81. The van der Waals surface area contributed by atoms with Gasteiger partial charge in [-0.25, -0.2) is 0 Å². The van der Waals surface area contributed by atoms with E-state index in [4.69, 9.17) is 14.2 Å². The third-order valence-corrected chi connectivity index (χ3v) is 7.43. The summed E-state index contributed by atoms with van der Waals surface area (Å²) in [6.07, 6.45) is 5.04. The van der Waals surface area contributed by atoms with Crippen molar-refractivity contribution in [1.29, 1.82) is 0 Å². The normalized spacial score (nSPS) is 36.4. The van der Waals surface area contributed by atoms with Crippen molar-refractivity contribution in [3.05, 3.63) is 29.8 Å². The van der Waals surface area contributed by atoms with Gasteiger partial charge in [0.1, 0.15) is 18.5 Å². The van der Waals surface area contributed by atoms with Crippen molar-refractivity contribution >= 4 is 11.8 Å². The fourth-order valence-electron chi connectivity index (χ4n) is 5.79. The molecule has 0 radical (unpaired) electrons. The van der Waals surface area contributed by atoms with Crippen LogP contribution in [0.3, 0.4) is 0 Å². The summed E-state index contributed by atoms with van der Waals surface area (Å²) in [5.41, 5.74) is 0.688. The lowest BCUT2D eigenvalue weighted by Crippen LogP contribution is -2.65. The van der Waals surface area contributed by atoms with Crippen LogP contribution in [0.4, 0.5) is 0 Å². The van der Waals surface area contributed by atoms with E-state index in [-0.39, 0.29) is 36.7 Å². The van der Waals surface area contributed by atoms with Crippen LogP contribution in [-0.4, -0.2) is 66.9 Å². The van der Waals surface area contributed by atoms with Crippen LogP contribution in [0.5, 0.6) is 5.75 Å². The minimum Gasteiger partial charge on any atom is -0.490 e. The molecule has 0 aromatic heterocycles. The number of nitrogens with one attached hydrogen (secondary N) is 1. The number of ether oxygens (including phenoxy) is 3. The van der Waals surface area contributed by atoms with E-state index in [9.17, 15) is 9.59 Å². The van der Waals surface area contributed by atoms with E-state index in [1.165, 1.54) is 5.56 Å². The monoisotopic (exact) mass is 428 g/mol. The number of rotatable bonds is 0. The van der Waals surface area contributed by atoms with Crippen LogP contribution >= 0.6 is 0 Å². The maximum Gasteiger partial charge on any atom is 0.246 e. The van der Waals surface area contributed by atoms with Crippen molar-refractivity contribution in [1.82, 2.24) is 10.2 Å². The van der Waals surface area contributed by atoms with Crippen LogP contribution in [0.1, 0.15) is 56.9 Å². The summed E-state index contributed by atoms with van der Waals surface area (Å²) in [5, 5.41) is 3.14. The highest BCUT2D eigenvalue weighted by Crippen LogP contribution is 2.40. The zero-order valence-corrected chi connectivity index (χ0v) is 18.2. The van der Waals surface area contributed by atoms with Crippen LogP contribution in [-0.2, 0) is 19.1 Å². The van der Waals surface area contributed by atoms with Gasteiger partial charge in [0.25, 0.3) is 0 Å². The molecule has 4 heterocycles. The van der Waals surface area contributed by atoms with Crippen LogP contribution in [0.25, 0.3) is 0 Å². The predicted molar refractivity (Wildman–Crippen MR) is 114 cm³/mol. The van der Waals surface area contributed by atoms with Gasteiger partial charge in [-0.05, 0) is 56.6 Å². The molecule has 7 nitrogen and oxygen atoms in total. The topological polar surface area (TPSA) is 77.1 Å². The van der Waals surface area contributed by atoms with Gasteiger partial charge < -0.3 is 24.4 Å². The molecule has 6 rings (SSSR count). The average molecular weight is 429 g/mol. The molecular weight excluding hydrogens is 396 g/mol. The minimum atomic E-state index is -0.560. The molecule has 1 aliphatic carbocycles. The van der Waals surface area contributed by atoms with Gasteiger partial charge in [-0.3, -0.25) is 9.59 Å². The number of hydrogen-bond acceptors (Lipinski definition) is 5. The smallest absolute Gasteiger partial charge is 0.246 e. The lowest BCUT2D eigenvalue weighted by Gasteiger charge is -2.42. The number of benzene rings is 1. The molecule has 31 heavy (non-hydrogen) atoms. The van der Waals surface area contributed by atoms with Crippen molar-refractivity contribution in [3.63, 3.8) is 0 Å². The molecule has 1 aromatic rings. The Bertz CT molecular complexity index is 837. The second kappa shape index (κ2) is 8.43. The van der Waals surface area contributed by atoms with Gasteiger partial charge in [-0.15, -0.1) is 0 Å². The molecule has 0 unspecified atom stereocenters. The lowest BCUT2D eigenvalue weighted by atomic mass is 9.82. The van der Waals surface area contributed by atoms with E-state index in [0.717, 1.165) is 31.4 Å². The Morgan fingerprint density at radius 3 is 2.74 bits per heavy atom. The van der Waals surface area contributed by atoms with Crippen LogP contribution < -0.4 is 10.1 Å². The van der Waals surface area contributed by atoms with Gasteiger partial charge in [0.15, 0.2) is 0 Å². The van der Waals surface area contributed by atoms with E-state index in [1.54, 1.807) is 0 Å². The summed E-state index contributed by atoms with van der Waals surface area (Å²) in [6, 6.07) is 8.03. The molecule has 3 fully saturated rings. The van der Waals surface area contributed by atoms with Crippen molar-refractivity contribution < 1.29 is 23.8 Å². The first-order valence-electron chi connectivity index (χ1n) is 11.6. The van der Waals surface area contributed by atoms with E-state index in [0.29, 0.717) is 38.5 Å². The van der Waals surface area contributed by atoms with Gasteiger partial charge in [0.05, 0.1) is 37.3 Å². The molecule has 5 aliphatic rings. The zero-order valence-electron chi connectivity index (χ0n) is 18.2. The summed E-state index contributed by atoms with van der Waals surface area (Å²) in [5.74, 6) is 1.28. The Hall–Kier alpha value is -2.12. The van der Waals surface area contributed by atoms with Crippen LogP contribution in [0.15, 0.2) is 24.3 Å². The van der Waals surface area contributed by atoms with E-state index in [1.807, 2.05) is 24.0 Å². The second-order valence-electron chi connectivity index (χ2n) is 9.53. The largest absolute Gasteiger partial charge is 0.490 e. The number of fused-ring (bicyclic) bond motifs is 6. The zero-order chi connectivity index (χ0) is 21.4. The fraction of sp³-hybridized carbons (Fsp3) is 0.667. The van der Waals surface area contributed by atoms with Crippen LogP contribution in [0.2, 0.25) is 0 Å². The number of carbonyl (C=O) groups is 2. The summed E-state index contributed by atoms with van der Waals surface area (Å²) in [4.78, 5) is 27.3. The Kier molecular flexibility index (Phi) is 5.65. The number of morpholine rings is 1. The molecule has 1 aromatic carbocycles. The summed E-state index contributed by atoms with van der Waals surface area (Å²) in [7, 11) is 0. The van der Waals surface area contributed by atoms with Crippen molar-refractivity contribution in [3.8, 4) is 5.75 Å². The first-order valence-corrected chi connectivity index (χ1v) is 11.6. The molecule has 1 N–H and O–H groups in total. The third kappa shape index (κ3) is 4.05. The van der Waals surface area contributed by atoms with Crippen molar-refractivity contribution in [2.45, 2.75) is 75.2 Å². The van der Waals surface area contributed by atoms with Crippen molar-refractivity contribution in [2.75, 3.05) is 26.4 Å². The van der Waals surface area contributed by atoms with Crippen molar-refractivity contribution in [2.24, 2.45) is 0 Å². The molecule has 7 heteroatoms. The molecule has 2 saturated heterocycles. The van der Waals surface area contributed by atoms with Gasteiger partial charge in [-0.2, -0.15) is 0 Å². The first-order chi connectivity index (χ1) is 15.0. The van der Waals surface area contributed by atoms with Gasteiger partial charge in [0, 0.05) is 6.54 Å². The van der Waals surface area contributed by atoms with E-state index >= 15 is 0 Å². The molecule has 3 atom stereocenters. The number of amides is 2. The van der Waals surface area contributed by atoms with Crippen LogP contribution in [0, 0.1) is 0 Å². The summed E-state index contributed by atoms with van der Waals surface area (Å²) < 4.78 is 18.3. The minimum absolute atomic E-state index is 0.0393. The van der Waals surface area contributed by atoms with Gasteiger partial charge >= 0.3 is 0 Å². The SMILES string of the molecule is C[C@@H]1CC(=O)N2CC[C@]3(COCC(=O)N3)[C@H]2COC2CCC(CC2)c2ccccc2O1. The number of carbonyl (C=O) groups excluding carboxylic acids is 2. The number of hydrogen-bond donors (Lipinski definition) is 1. The van der Waals surface area contributed by atoms with Gasteiger partial charge in [0.2, 0.25) is 11.8 Å². The Morgan fingerprint density at radius 1 is 1.13 bits per heavy atom. The second-order valence-corrected chi connectivity index (χ2v) is 9.53. The maximum atomic E-state index is 13.3. The highest BCUT2D eigenvalue weighted by atomic mass is 16.5. The molecule has 4 aliphatic heterocycles. The number of nitrogens with zero attached hydrogens (tertiary/aromatic N) is 1. The van der Waals surface area contributed by atoms with E-state index in [2.05, 4.69) is 17.4 Å². The molecule has 2 bridgehead atoms. The molecule has 2 amide bonds. The molecular formula is C24H32N2O5. The Balaban J connectivity index is 1.43. The maximum absolute atomic E-state index is 13.3. The first kappa shape index (κ1) is 20.8. The highest BCUT2D eigenvalue weighted by Gasteiger charge is 2.52. The average Bonchev–Trinajstić information content (AvgIpc) is 3.09. The Labute approximate surface area is 183 Å². The summed E-state index contributed by atoms with van der Waals surface area (Å²) in [6.45, 7) is 3.48. The standard InChI is InChI=1S/C24H32N2O5/c1-16-12-23(28)26-11-10-24(15-29-14-22(27)25-24)21(26)13-30-18-8-6-17(7-9-18)19-4-2-3-5-20(19)31-16/h2-5,16-18,21H,6-15H2,1H3,(H,25,27)/t16-,17?,18?,21-,24+/m1/s1. The molecule has 1 saturated carbocycles. The lowest BCUT2D eigenvalue weighted by molar-refractivity contribution is -0.144. The number of para-hydroxylation sites is 1. The summed E-state index contributed by atoms with van der Waals surface area (Å²) >= 11 is 0. The fourth-order valence-corrected chi connectivity index (χ4v) is 5.79. The Morgan fingerprint density at radius 2 is 1.94 bits per heavy atom. The molecule has 1 spiro atoms. The quantitative estimate of drug-likeness (QED) is 0.687. The molecule has 168 valence electrons. The predicted octanol–water partition coefficient (Wildman–Crippen LogP) is 2.39. The van der Waals surface area contributed by atoms with E-state index < -0.39 is 5.54 Å².